The van der Waals surface area contributed by atoms with E-state index in [4.69, 9.17) is 4.74 Å². The van der Waals surface area contributed by atoms with E-state index in [1.54, 1.807) is 16.7 Å². The highest BCUT2D eigenvalue weighted by atomic mass is 32.2. The smallest absolute Gasteiger partial charge is 0.330 e. The number of hydrogen-bond donors (Lipinski definition) is 0. The number of rotatable bonds is 5. The maximum absolute atomic E-state index is 12.6. The van der Waals surface area contributed by atoms with Crippen molar-refractivity contribution in [1.82, 2.24) is 4.90 Å². The highest BCUT2D eigenvalue weighted by Crippen LogP contribution is 2.41. The maximum Gasteiger partial charge on any atom is 0.330 e. The third-order valence-corrected chi connectivity index (χ3v) is 5.16. The second kappa shape index (κ2) is 7.52. The standard InChI is InChI=1S/C16H29NO3S/c1-7-8-9-13(18)17-12(14(19)20-11(2)3)10-21-15(17)16(4,5)6/h11-12,15H,7-10H2,1-6H3. The lowest BCUT2D eigenvalue weighted by Gasteiger charge is -2.36. The van der Waals surface area contributed by atoms with Crippen LogP contribution in [0.2, 0.25) is 0 Å². The van der Waals surface area contributed by atoms with Crippen LogP contribution in [0.4, 0.5) is 0 Å². The molecular formula is C16H29NO3S. The average molecular weight is 315 g/mol. The van der Waals surface area contributed by atoms with Crippen molar-refractivity contribution in [2.24, 2.45) is 5.41 Å². The Morgan fingerprint density at radius 3 is 2.43 bits per heavy atom. The number of unbranched alkanes of at least 4 members (excludes halogenated alkanes) is 1. The van der Waals surface area contributed by atoms with Gasteiger partial charge in [-0.2, -0.15) is 0 Å². The molecule has 21 heavy (non-hydrogen) atoms. The Morgan fingerprint density at radius 2 is 1.95 bits per heavy atom. The van der Waals surface area contributed by atoms with Gasteiger partial charge in [-0.25, -0.2) is 4.79 Å². The van der Waals surface area contributed by atoms with Crippen molar-refractivity contribution in [3.63, 3.8) is 0 Å². The molecule has 0 aromatic heterocycles. The van der Waals surface area contributed by atoms with Gasteiger partial charge in [0, 0.05) is 12.2 Å². The van der Waals surface area contributed by atoms with Crippen molar-refractivity contribution in [2.75, 3.05) is 5.75 Å². The van der Waals surface area contributed by atoms with Gasteiger partial charge in [-0.05, 0) is 25.7 Å². The Bertz CT molecular complexity index is 376. The molecule has 0 bridgehead atoms. The van der Waals surface area contributed by atoms with Crippen LogP contribution >= 0.6 is 11.8 Å². The average Bonchev–Trinajstić information content (AvgIpc) is 2.79. The molecule has 1 aliphatic rings. The van der Waals surface area contributed by atoms with Crippen molar-refractivity contribution in [3.05, 3.63) is 0 Å². The molecule has 122 valence electrons. The third kappa shape index (κ3) is 4.90. The topological polar surface area (TPSA) is 46.6 Å². The van der Waals surface area contributed by atoms with Crippen LogP contribution in [0.25, 0.3) is 0 Å². The van der Waals surface area contributed by atoms with Crippen LogP contribution in [0.5, 0.6) is 0 Å². The SMILES string of the molecule is CCCCC(=O)N1C(C(=O)OC(C)C)CSC1C(C)(C)C. The van der Waals surface area contributed by atoms with Gasteiger partial charge in [0.25, 0.3) is 0 Å². The molecule has 4 nitrogen and oxygen atoms in total. The zero-order chi connectivity index (χ0) is 16.2. The largest absolute Gasteiger partial charge is 0.461 e. The van der Waals surface area contributed by atoms with E-state index >= 15 is 0 Å². The lowest BCUT2D eigenvalue weighted by Crippen LogP contribution is -2.50. The molecule has 0 N–H and O–H groups in total. The first kappa shape index (κ1) is 18.3. The lowest BCUT2D eigenvalue weighted by atomic mass is 9.94. The molecule has 1 heterocycles. The quantitative estimate of drug-likeness (QED) is 0.729. The summed E-state index contributed by atoms with van der Waals surface area (Å²) in [6.45, 7) is 12.1. The van der Waals surface area contributed by atoms with Crippen LogP contribution in [0.15, 0.2) is 0 Å². The van der Waals surface area contributed by atoms with Crippen LogP contribution in [0.3, 0.4) is 0 Å². The van der Waals surface area contributed by atoms with Crippen LogP contribution in [-0.4, -0.2) is 40.0 Å². The molecule has 1 saturated heterocycles. The van der Waals surface area contributed by atoms with Crippen LogP contribution in [-0.2, 0) is 14.3 Å². The van der Waals surface area contributed by atoms with Gasteiger partial charge in [-0.15, -0.1) is 11.8 Å². The number of thioether (sulfide) groups is 1. The summed E-state index contributed by atoms with van der Waals surface area (Å²) in [6, 6.07) is -0.439. The van der Waals surface area contributed by atoms with E-state index < -0.39 is 6.04 Å². The Kier molecular flexibility index (Phi) is 6.57. The minimum Gasteiger partial charge on any atom is -0.461 e. The van der Waals surface area contributed by atoms with Gasteiger partial charge in [-0.1, -0.05) is 34.1 Å². The number of ether oxygens (including phenoxy) is 1. The van der Waals surface area contributed by atoms with Crippen molar-refractivity contribution in [3.8, 4) is 0 Å². The Morgan fingerprint density at radius 1 is 1.33 bits per heavy atom. The first-order chi connectivity index (χ1) is 9.68. The van der Waals surface area contributed by atoms with E-state index in [0.29, 0.717) is 12.2 Å². The first-order valence-corrected chi connectivity index (χ1v) is 8.86. The molecular weight excluding hydrogens is 286 g/mol. The van der Waals surface area contributed by atoms with Crippen molar-refractivity contribution >= 4 is 23.6 Å². The fraction of sp³-hybridized carbons (Fsp3) is 0.875. The molecule has 0 aliphatic carbocycles. The number of amides is 1. The van der Waals surface area contributed by atoms with Crippen LogP contribution < -0.4 is 0 Å². The number of carbonyl (C=O) groups excluding carboxylic acids is 2. The summed E-state index contributed by atoms with van der Waals surface area (Å²) < 4.78 is 5.33. The van der Waals surface area contributed by atoms with Gasteiger partial charge in [0.2, 0.25) is 5.91 Å². The number of hydrogen-bond acceptors (Lipinski definition) is 4. The molecule has 2 atom stereocenters. The van der Waals surface area contributed by atoms with Gasteiger partial charge in [-0.3, -0.25) is 4.79 Å². The van der Waals surface area contributed by atoms with E-state index in [2.05, 4.69) is 27.7 Å². The normalized spacial score (nSPS) is 22.7. The molecule has 0 aromatic carbocycles. The summed E-state index contributed by atoms with van der Waals surface area (Å²) in [5, 5.41) is 0.0339. The second-order valence-electron chi connectivity index (χ2n) is 6.96. The fourth-order valence-corrected chi connectivity index (χ4v) is 4.01. The second-order valence-corrected chi connectivity index (χ2v) is 8.07. The molecule has 0 spiro atoms. The first-order valence-electron chi connectivity index (χ1n) is 7.81. The van der Waals surface area contributed by atoms with Crippen molar-refractivity contribution < 1.29 is 14.3 Å². The number of esters is 1. The summed E-state index contributed by atoms with van der Waals surface area (Å²) in [5.74, 6) is 0.437. The molecule has 0 saturated carbocycles. The summed E-state index contributed by atoms with van der Waals surface area (Å²) in [7, 11) is 0. The van der Waals surface area contributed by atoms with Crippen LogP contribution in [0, 0.1) is 5.41 Å². The Balaban J connectivity index is 2.92. The molecule has 1 rings (SSSR count). The minimum absolute atomic E-state index is 0.0339. The third-order valence-electron chi connectivity index (χ3n) is 3.40. The molecule has 1 amide bonds. The van der Waals surface area contributed by atoms with Gasteiger partial charge in [0.05, 0.1) is 11.5 Å². The highest BCUT2D eigenvalue weighted by Gasteiger charge is 2.46. The van der Waals surface area contributed by atoms with Crippen LogP contribution in [0.1, 0.15) is 60.8 Å². The molecule has 0 radical (unpaired) electrons. The van der Waals surface area contributed by atoms with E-state index in [0.717, 1.165) is 12.8 Å². The zero-order valence-corrected chi connectivity index (χ0v) is 15.0. The molecule has 0 aromatic rings. The van der Waals surface area contributed by atoms with E-state index in [1.807, 2.05) is 13.8 Å². The summed E-state index contributed by atoms with van der Waals surface area (Å²) in [6.07, 6.45) is 2.20. The highest BCUT2D eigenvalue weighted by molar-refractivity contribution is 8.00. The monoisotopic (exact) mass is 315 g/mol. The molecule has 1 aliphatic heterocycles. The maximum atomic E-state index is 12.6. The summed E-state index contributed by atoms with van der Waals surface area (Å²) in [5.41, 5.74) is -0.0561. The fourth-order valence-electron chi connectivity index (χ4n) is 2.43. The minimum atomic E-state index is -0.439. The van der Waals surface area contributed by atoms with Gasteiger partial charge >= 0.3 is 5.97 Å². The van der Waals surface area contributed by atoms with Gasteiger partial charge < -0.3 is 9.64 Å². The van der Waals surface area contributed by atoms with Crippen molar-refractivity contribution in [1.29, 1.82) is 0 Å². The van der Waals surface area contributed by atoms with E-state index in [9.17, 15) is 9.59 Å². The number of carbonyl (C=O) groups is 2. The number of nitrogens with zero attached hydrogens (tertiary/aromatic N) is 1. The van der Waals surface area contributed by atoms with Crippen molar-refractivity contribution in [2.45, 2.75) is 78.3 Å². The molecule has 2 unspecified atom stereocenters. The Hall–Kier alpha value is -0.710. The van der Waals surface area contributed by atoms with Gasteiger partial charge in [0.1, 0.15) is 6.04 Å². The van der Waals surface area contributed by atoms with E-state index in [1.165, 1.54) is 0 Å². The zero-order valence-electron chi connectivity index (χ0n) is 14.1. The summed E-state index contributed by atoms with van der Waals surface area (Å²) >= 11 is 1.69. The van der Waals surface area contributed by atoms with E-state index in [-0.39, 0.29) is 28.8 Å². The predicted molar refractivity (Wildman–Crippen MR) is 87.1 cm³/mol. The molecule has 1 fully saturated rings. The van der Waals surface area contributed by atoms with Gasteiger partial charge in [0.15, 0.2) is 0 Å². The lowest BCUT2D eigenvalue weighted by molar-refractivity contribution is -0.158. The summed E-state index contributed by atoms with van der Waals surface area (Å²) in [4.78, 5) is 26.6. The molecule has 5 heteroatoms. The predicted octanol–water partition coefficient (Wildman–Crippen LogP) is 3.44. The Labute approximate surface area is 133 Å².